The van der Waals surface area contributed by atoms with E-state index in [2.05, 4.69) is 15.6 Å². The van der Waals surface area contributed by atoms with Gasteiger partial charge in [0.1, 0.15) is 0 Å². The van der Waals surface area contributed by atoms with Gasteiger partial charge in [0.2, 0.25) is 0 Å². The minimum Gasteiger partial charge on any atom is -0.479 e. The van der Waals surface area contributed by atoms with E-state index in [1.807, 2.05) is 5.38 Å². The molecule has 0 fully saturated rings. The Balaban J connectivity index is 2.11. The fourth-order valence-electron chi connectivity index (χ4n) is 1.00. The zero-order chi connectivity index (χ0) is 12.7. The highest BCUT2D eigenvalue weighted by molar-refractivity contribution is 7.07. The molecule has 0 aliphatic rings. The maximum atomic E-state index is 11.2. The molecule has 1 rings (SSSR count). The van der Waals surface area contributed by atoms with E-state index < -0.39 is 18.1 Å². The monoisotopic (exact) mass is 259 g/mol. The molecule has 17 heavy (non-hydrogen) atoms. The van der Waals surface area contributed by atoms with Crippen molar-refractivity contribution in [3.8, 4) is 0 Å². The largest absolute Gasteiger partial charge is 0.479 e. The molecular formula is C9H13N3O4S. The predicted molar refractivity (Wildman–Crippen MR) is 60.9 cm³/mol. The Labute approximate surface area is 101 Å². The van der Waals surface area contributed by atoms with Gasteiger partial charge in [-0.15, -0.1) is 11.3 Å². The van der Waals surface area contributed by atoms with Gasteiger partial charge in [0.25, 0.3) is 0 Å². The van der Waals surface area contributed by atoms with Gasteiger partial charge < -0.3 is 20.8 Å². The van der Waals surface area contributed by atoms with Gasteiger partial charge in [-0.2, -0.15) is 0 Å². The number of carbonyl (C=O) groups is 2. The quantitative estimate of drug-likeness (QED) is 0.546. The van der Waals surface area contributed by atoms with Crippen LogP contribution in [-0.4, -0.2) is 46.4 Å². The molecular weight excluding hydrogens is 246 g/mol. The van der Waals surface area contributed by atoms with Crippen molar-refractivity contribution >= 4 is 23.3 Å². The summed E-state index contributed by atoms with van der Waals surface area (Å²) >= 11 is 1.48. The number of carboxylic acids is 1. The molecule has 94 valence electrons. The molecule has 1 aromatic heterocycles. The fraction of sp³-hybridized carbons (Fsp3) is 0.444. The molecule has 7 nitrogen and oxygen atoms in total. The first-order valence-electron chi connectivity index (χ1n) is 4.89. The summed E-state index contributed by atoms with van der Waals surface area (Å²) in [6.45, 7) is 0.0800. The van der Waals surface area contributed by atoms with Gasteiger partial charge in [-0.05, 0) is 0 Å². The number of aliphatic hydroxyl groups excluding tert-OH is 1. The van der Waals surface area contributed by atoms with Crippen molar-refractivity contribution in [3.63, 3.8) is 0 Å². The summed E-state index contributed by atoms with van der Waals surface area (Å²) in [7, 11) is 0. The molecule has 0 saturated heterocycles. The number of carbonyl (C=O) groups excluding carboxylic acids is 1. The van der Waals surface area contributed by atoms with Crippen LogP contribution in [0.5, 0.6) is 0 Å². The number of amides is 2. The molecule has 1 atom stereocenters. The SMILES string of the molecule is O=C(NCCc1cscn1)NCC(O)C(=O)O. The second kappa shape index (κ2) is 6.81. The average molecular weight is 259 g/mol. The standard InChI is InChI=1S/C9H13N3O4S/c13-7(8(14)15)3-11-9(16)10-2-1-6-4-17-5-12-6/h4-5,7,13H,1-3H2,(H,14,15)(H2,10,11,16). The first-order chi connectivity index (χ1) is 8.09. The van der Waals surface area contributed by atoms with Crippen LogP contribution in [0.2, 0.25) is 0 Å². The lowest BCUT2D eigenvalue weighted by Crippen LogP contribution is -2.42. The highest BCUT2D eigenvalue weighted by Gasteiger charge is 2.13. The Bertz CT molecular complexity index is 368. The number of nitrogens with zero attached hydrogens (tertiary/aromatic N) is 1. The van der Waals surface area contributed by atoms with Crippen LogP contribution in [0.15, 0.2) is 10.9 Å². The Morgan fingerprint density at radius 3 is 2.82 bits per heavy atom. The van der Waals surface area contributed by atoms with Gasteiger partial charge in [0.05, 0.1) is 17.7 Å². The number of aliphatic carboxylic acids is 1. The summed E-state index contributed by atoms with van der Waals surface area (Å²) < 4.78 is 0. The molecule has 0 saturated carbocycles. The first-order valence-corrected chi connectivity index (χ1v) is 5.83. The van der Waals surface area contributed by atoms with Crippen LogP contribution in [0.25, 0.3) is 0 Å². The minimum absolute atomic E-state index is 0.322. The lowest BCUT2D eigenvalue weighted by atomic mass is 10.3. The van der Waals surface area contributed by atoms with E-state index in [4.69, 9.17) is 10.2 Å². The zero-order valence-corrected chi connectivity index (χ0v) is 9.74. The smallest absolute Gasteiger partial charge is 0.334 e. The molecule has 0 radical (unpaired) electrons. The maximum Gasteiger partial charge on any atom is 0.334 e. The number of nitrogens with one attached hydrogen (secondary N) is 2. The van der Waals surface area contributed by atoms with Crippen LogP contribution in [0.4, 0.5) is 4.79 Å². The van der Waals surface area contributed by atoms with Crippen molar-refractivity contribution in [1.82, 2.24) is 15.6 Å². The number of rotatable bonds is 6. The van der Waals surface area contributed by atoms with Crippen molar-refractivity contribution in [1.29, 1.82) is 0 Å². The van der Waals surface area contributed by atoms with E-state index in [0.717, 1.165) is 5.69 Å². The number of thiazole rings is 1. The average Bonchev–Trinajstić information content (AvgIpc) is 2.78. The molecule has 4 N–H and O–H groups in total. The number of hydrogen-bond acceptors (Lipinski definition) is 5. The Hall–Kier alpha value is -1.67. The van der Waals surface area contributed by atoms with E-state index in [0.29, 0.717) is 13.0 Å². The molecule has 8 heteroatoms. The molecule has 1 heterocycles. The molecule has 1 unspecified atom stereocenters. The molecule has 2 amide bonds. The van der Waals surface area contributed by atoms with Gasteiger partial charge >= 0.3 is 12.0 Å². The normalized spacial score (nSPS) is 11.8. The molecule has 0 aliphatic carbocycles. The number of hydrogen-bond donors (Lipinski definition) is 4. The molecule has 0 spiro atoms. The van der Waals surface area contributed by atoms with Crippen LogP contribution < -0.4 is 10.6 Å². The van der Waals surface area contributed by atoms with Crippen molar-refractivity contribution < 1.29 is 19.8 Å². The minimum atomic E-state index is -1.58. The van der Waals surface area contributed by atoms with Crippen molar-refractivity contribution in [2.75, 3.05) is 13.1 Å². The lowest BCUT2D eigenvalue weighted by molar-refractivity contribution is -0.146. The number of carboxylic acid groups (broad SMARTS) is 1. The van der Waals surface area contributed by atoms with Crippen molar-refractivity contribution in [3.05, 3.63) is 16.6 Å². The third-order valence-electron chi connectivity index (χ3n) is 1.89. The molecule has 0 bridgehead atoms. The second-order valence-corrected chi connectivity index (χ2v) is 3.94. The van der Waals surface area contributed by atoms with E-state index in [1.165, 1.54) is 11.3 Å². The Morgan fingerprint density at radius 2 is 2.24 bits per heavy atom. The Morgan fingerprint density at radius 1 is 1.47 bits per heavy atom. The van der Waals surface area contributed by atoms with Gasteiger partial charge in [0, 0.05) is 18.3 Å². The topological polar surface area (TPSA) is 112 Å². The van der Waals surface area contributed by atoms with Gasteiger partial charge in [-0.25, -0.2) is 14.6 Å². The van der Waals surface area contributed by atoms with E-state index in [9.17, 15) is 9.59 Å². The van der Waals surface area contributed by atoms with Crippen molar-refractivity contribution in [2.45, 2.75) is 12.5 Å². The zero-order valence-electron chi connectivity index (χ0n) is 8.92. The Kier molecular flexibility index (Phi) is 5.37. The van der Waals surface area contributed by atoms with Crippen LogP contribution >= 0.6 is 11.3 Å². The highest BCUT2D eigenvalue weighted by atomic mass is 32.1. The van der Waals surface area contributed by atoms with Gasteiger partial charge in [-0.1, -0.05) is 0 Å². The van der Waals surface area contributed by atoms with Crippen LogP contribution in [0, 0.1) is 0 Å². The third kappa shape index (κ3) is 5.27. The van der Waals surface area contributed by atoms with Crippen molar-refractivity contribution in [2.24, 2.45) is 0 Å². The summed E-state index contributed by atoms with van der Waals surface area (Å²) in [6.07, 6.45) is -0.974. The molecule has 0 aromatic carbocycles. The predicted octanol–water partition coefficient (Wildman–Crippen LogP) is -0.570. The van der Waals surface area contributed by atoms with Crippen LogP contribution in [0.3, 0.4) is 0 Å². The lowest BCUT2D eigenvalue weighted by Gasteiger charge is -2.08. The molecule has 0 aliphatic heterocycles. The summed E-state index contributed by atoms with van der Waals surface area (Å²) in [5, 5.41) is 23.9. The summed E-state index contributed by atoms with van der Waals surface area (Å²) in [5.41, 5.74) is 2.60. The van der Waals surface area contributed by atoms with Gasteiger partial charge in [0.15, 0.2) is 6.10 Å². The second-order valence-electron chi connectivity index (χ2n) is 3.22. The highest BCUT2D eigenvalue weighted by Crippen LogP contribution is 2.00. The summed E-state index contributed by atoms with van der Waals surface area (Å²) in [5.74, 6) is -1.37. The number of aliphatic hydroxyl groups is 1. The third-order valence-corrected chi connectivity index (χ3v) is 2.53. The maximum absolute atomic E-state index is 11.2. The van der Waals surface area contributed by atoms with E-state index in [1.54, 1.807) is 5.51 Å². The van der Waals surface area contributed by atoms with Crippen LogP contribution in [0.1, 0.15) is 5.69 Å². The van der Waals surface area contributed by atoms with E-state index >= 15 is 0 Å². The first kappa shape index (κ1) is 13.4. The van der Waals surface area contributed by atoms with Crippen LogP contribution in [-0.2, 0) is 11.2 Å². The molecule has 1 aromatic rings. The fourth-order valence-corrected chi connectivity index (χ4v) is 1.60. The summed E-state index contributed by atoms with van der Waals surface area (Å²) in [6, 6.07) is -0.513. The van der Waals surface area contributed by atoms with Gasteiger partial charge in [-0.3, -0.25) is 0 Å². The number of aromatic nitrogens is 1. The summed E-state index contributed by atoms with van der Waals surface area (Å²) in [4.78, 5) is 25.4. The number of urea groups is 1. The van der Waals surface area contributed by atoms with E-state index in [-0.39, 0.29) is 6.54 Å².